The smallest absolute Gasteiger partial charge is 0.0690 e. The van der Waals surface area contributed by atoms with E-state index in [1.807, 2.05) is 49.4 Å². The van der Waals surface area contributed by atoms with E-state index in [9.17, 15) is 0 Å². The highest BCUT2D eigenvalue weighted by Gasteiger charge is 2.15. The molecule has 0 saturated carbocycles. The van der Waals surface area contributed by atoms with E-state index in [1.54, 1.807) is 0 Å². The molecular weight excluding hydrogens is 376 g/mol. The molecule has 4 rings (SSSR count). The van der Waals surface area contributed by atoms with E-state index in [-0.39, 0.29) is 0 Å². The van der Waals surface area contributed by atoms with Crippen LogP contribution in [0, 0.1) is 0 Å². The molecule has 0 aliphatic carbocycles. The number of anilines is 3. The topological polar surface area (TPSA) is 29.3 Å². The Kier molecular flexibility index (Phi) is 6.00. The van der Waals surface area contributed by atoms with E-state index < -0.39 is 0 Å². The highest BCUT2D eigenvalue weighted by Crippen LogP contribution is 2.36. The molecule has 4 aromatic carbocycles. The van der Waals surface area contributed by atoms with Gasteiger partial charge in [-0.1, -0.05) is 85.5 Å². The van der Waals surface area contributed by atoms with Crippen molar-refractivity contribution in [1.29, 1.82) is 0 Å². The number of benzene rings is 4. The second-order valence-electron chi connectivity index (χ2n) is 7.38. The van der Waals surface area contributed by atoms with E-state index in [1.165, 1.54) is 16.7 Å². The summed E-state index contributed by atoms with van der Waals surface area (Å²) in [5.41, 5.74) is 14.5. The number of rotatable bonds is 6. The van der Waals surface area contributed by atoms with Gasteiger partial charge in [0.05, 0.1) is 11.4 Å². The molecule has 2 heteroatoms. The van der Waals surface area contributed by atoms with Crippen molar-refractivity contribution in [3.05, 3.63) is 128 Å². The zero-order valence-electron chi connectivity index (χ0n) is 17.7. The molecule has 0 aromatic heterocycles. The molecule has 0 amide bonds. The van der Waals surface area contributed by atoms with Crippen LogP contribution < -0.4 is 10.6 Å². The third kappa shape index (κ3) is 4.44. The fourth-order valence-corrected chi connectivity index (χ4v) is 3.75. The lowest BCUT2D eigenvalue weighted by Gasteiger charge is -2.27. The lowest BCUT2D eigenvalue weighted by molar-refractivity contribution is 1.22. The van der Waals surface area contributed by atoms with Gasteiger partial charge in [0.15, 0.2) is 0 Å². The number of nitrogen functional groups attached to an aromatic ring is 1. The Bertz CT molecular complexity index is 1220. The number of hydrogen-bond donors (Lipinski definition) is 1. The summed E-state index contributed by atoms with van der Waals surface area (Å²) in [6.07, 6.45) is 3.98. The van der Waals surface area contributed by atoms with Crippen LogP contribution in [0.4, 0.5) is 17.1 Å². The molecule has 0 aliphatic heterocycles. The minimum Gasteiger partial charge on any atom is -0.397 e. The normalized spacial score (nSPS) is 10.9. The quantitative estimate of drug-likeness (QED) is 0.263. The predicted molar refractivity (Wildman–Crippen MR) is 134 cm³/mol. The van der Waals surface area contributed by atoms with Gasteiger partial charge in [0.1, 0.15) is 0 Å². The van der Waals surface area contributed by atoms with Crippen LogP contribution in [-0.2, 0) is 0 Å². The summed E-state index contributed by atoms with van der Waals surface area (Å²) in [6, 6.07) is 35.4. The zero-order valence-corrected chi connectivity index (χ0v) is 17.7. The molecule has 0 atom stereocenters. The van der Waals surface area contributed by atoms with Crippen LogP contribution in [0.15, 0.2) is 128 Å². The van der Waals surface area contributed by atoms with Crippen molar-refractivity contribution in [3.63, 3.8) is 0 Å². The fraction of sp³-hybridized carbons (Fsp3) is 0.0345. The van der Waals surface area contributed by atoms with Gasteiger partial charge in [-0.25, -0.2) is 0 Å². The number of hydrogen-bond acceptors (Lipinski definition) is 2. The monoisotopic (exact) mass is 402 g/mol. The fourth-order valence-electron chi connectivity index (χ4n) is 3.75. The molecule has 0 fully saturated rings. The van der Waals surface area contributed by atoms with E-state index in [0.717, 1.165) is 22.6 Å². The molecule has 0 aliphatic rings. The highest BCUT2D eigenvalue weighted by molar-refractivity contribution is 5.82. The molecule has 31 heavy (non-hydrogen) atoms. The van der Waals surface area contributed by atoms with Crippen molar-refractivity contribution in [2.75, 3.05) is 10.6 Å². The average molecular weight is 403 g/mol. The summed E-state index contributed by atoms with van der Waals surface area (Å²) in [7, 11) is 0. The first-order chi connectivity index (χ1) is 15.2. The first kappa shape index (κ1) is 20.2. The van der Waals surface area contributed by atoms with E-state index in [0.29, 0.717) is 5.69 Å². The Balaban J connectivity index is 1.78. The number of nitrogens with zero attached hydrogens (tertiary/aromatic N) is 1. The first-order valence-corrected chi connectivity index (χ1v) is 10.4. The van der Waals surface area contributed by atoms with Crippen molar-refractivity contribution in [3.8, 4) is 22.3 Å². The molecule has 152 valence electrons. The van der Waals surface area contributed by atoms with Crippen molar-refractivity contribution in [1.82, 2.24) is 0 Å². The second-order valence-corrected chi connectivity index (χ2v) is 7.38. The minimum atomic E-state index is 0.713. The van der Waals surface area contributed by atoms with Gasteiger partial charge in [0, 0.05) is 11.4 Å². The van der Waals surface area contributed by atoms with Crippen LogP contribution in [0.5, 0.6) is 0 Å². The maximum atomic E-state index is 6.32. The zero-order chi connectivity index (χ0) is 21.6. The predicted octanol–water partition coefficient (Wildman–Crippen LogP) is 7.83. The van der Waals surface area contributed by atoms with Gasteiger partial charge in [-0.3, -0.25) is 0 Å². The molecule has 2 N–H and O–H groups in total. The SMILES string of the molecule is C=C(/C=C\C)N(c1cccc(-c2cccc(-c3ccccc3)c2)c1)c1ccccc1N. The number of allylic oxidation sites excluding steroid dienone is 2. The van der Waals surface area contributed by atoms with Gasteiger partial charge in [-0.2, -0.15) is 0 Å². The molecule has 0 bridgehead atoms. The first-order valence-electron chi connectivity index (χ1n) is 10.4. The average Bonchev–Trinajstić information content (AvgIpc) is 2.82. The molecule has 2 nitrogen and oxygen atoms in total. The van der Waals surface area contributed by atoms with Crippen LogP contribution in [0.2, 0.25) is 0 Å². The van der Waals surface area contributed by atoms with Gasteiger partial charge in [0.2, 0.25) is 0 Å². The van der Waals surface area contributed by atoms with E-state index >= 15 is 0 Å². The summed E-state index contributed by atoms with van der Waals surface area (Å²) in [6.45, 7) is 6.27. The van der Waals surface area contributed by atoms with Gasteiger partial charge in [0.25, 0.3) is 0 Å². The standard InChI is InChI=1S/C29H26N2/c1-3-11-22(2)31(29-19-8-7-18-28(29)30)27-17-10-16-26(21-27)25-15-9-14-24(20-25)23-12-5-4-6-13-23/h3-21H,2,30H2,1H3/b11-3-. The van der Waals surface area contributed by atoms with Crippen molar-refractivity contribution < 1.29 is 0 Å². The number of para-hydroxylation sites is 2. The molecule has 0 spiro atoms. The molecular formula is C29H26N2. The van der Waals surface area contributed by atoms with Gasteiger partial charge in [-0.05, 0) is 65.6 Å². The molecule has 0 unspecified atom stereocenters. The Labute approximate surface area is 184 Å². The molecule has 0 saturated heterocycles. The summed E-state index contributed by atoms with van der Waals surface area (Å²) in [5, 5.41) is 0. The minimum absolute atomic E-state index is 0.713. The maximum Gasteiger partial charge on any atom is 0.0690 e. The van der Waals surface area contributed by atoms with E-state index in [2.05, 4.69) is 84.3 Å². The Morgan fingerprint density at radius 3 is 2.00 bits per heavy atom. The van der Waals surface area contributed by atoms with Crippen LogP contribution in [0.25, 0.3) is 22.3 Å². The maximum absolute atomic E-state index is 6.32. The van der Waals surface area contributed by atoms with Crippen LogP contribution in [0.1, 0.15) is 6.92 Å². The van der Waals surface area contributed by atoms with Crippen molar-refractivity contribution in [2.45, 2.75) is 6.92 Å². The van der Waals surface area contributed by atoms with Crippen LogP contribution in [0.3, 0.4) is 0 Å². The van der Waals surface area contributed by atoms with Gasteiger partial charge >= 0.3 is 0 Å². The highest BCUT2D eigenvalue weighted by atomic mass is 15.2. The lowest BCUT2D eigenvalue weighted by Crippen LogP contribution is -2.15. The Morgan fingerprint density at radius 2 is 1.29 bits per heavy atom. The summed E-state index contributed by atoms with van der Waals surface area (Å²) >= 11 is 0. The third-order valence-electron chi connectivity index (χ3n) is 5.23. The van der Waals surface area contributed by atoms with Gasteiger partial charge < -0.3 is 10.6 Å². The van der Waals surface area contributed by atoms with Crippen LogP contribution >= 0.6 is 0 Å². The van der Waals surface area contributed by atoms with Gasteiger partial charge in [-0.15, -0.1) is 0 Å². The van der Waals surface area contributed by atoms with E-state index in [4.69, 9.17) is 5.73 Å². The second kappa shape index (κ2) is 9.19. The number of nitrogens with two attached hydrogens (primary N) is 1. The molecule has 4 aromatic rings. The van der Waals surface area contributed by atoms with Crippen molar-refractivity contribution >= 4 is 17.1 Å². The molecule has 0 radical (unpaired) electrons. The van der Waals surface area contributed by atoms with Crippen LogP contribution in [-0.4, -0.2) is 0 Å². The lowest BCUT2D eigenvalue weighted by atomic mass is 9.98. The summed E-state index contributed by atoms with van der Waals surface area (Å²) in [5.74, 6) is 0. The Hall–Kier alpha value is -4.04. The summed E-state index contributed by atoms with van der Waals surface area (Å²) < 4.78 is 0. The third-order valence-corrected chi connectivity index (χ3v) is 5.23. The molecule has 0 heterocycles. The largest absolute Gasteiger partial charge is 0.397 e. The Morgan fingerprint density at radius 1 is 0.710 bits per heavy atom. The van der Waals surface area contributed by atoms with Crippen molar-refractivity contribution in [2.24, 2.45) is 0 Å². The summed E-state index contributed by atoms with van der Waals surface area (Å²) in [4.78, 5) is 2.10.